The molecule has 0 aliphatic carbocycles. The van der Waals surface area contributed by atoms with Gasteiger partial charge in [-0.3, -0.25) is 15.8 Å². The van der Waals surface area contributed by atoms with Crippen molar-refractivity contribution in [2.45, 2.75) is 6.04 Å². The highest BCUT2D eigenvalue weighted by molar-refractivity contribution is 5.48. The summed E-state index contributed by atoms with van der Waals surface area (Å²) in [5, 5.41) is 0. The number of hydrazine groups is 1. The van der Waals surface area contributed by atoms with Crippen LogP contribution in [-0.4, -0.2) is 9.97 Å². The van der Waals surface area contributed by atoms with Crippen molar-refractivity contribution in [1.82, 2.24) is 15.4 Å². The van der Waals surface area contributed by atoms with Crippen LogP contribution >= 0.6 is 0 Å². The van der Waals surface area contributed by atoms with Crippen LogP contribution in [0.3, 0.4) is 0 Å². The molecule has 0 aliphatic heterocycles. The van der Waals surface area contributed by atoms with Crippen LogP contribution < -0.4 is 17.0 Å². The minimum absolute atomic E-state index is 0.190. The molecule has 2 aromatic rings. The van der Waals surface area contributed by atoms with Gasteiger partial charge in [0.15, 0.2) is 0 Å². The van der Waals surface area contributed by atoms with Gasteiger partial charge in [-0.1, -0.05) is 0 Å². The zero-order chi connectivity index (χ0) is 12.3. The molecule has 5 nitrogen and oxygen atoms in total. The first kappa shape index (κ1) is 11.4. The topological polar surface area (TPSA) is 89.8 Å². The van der Waals surface area contributed by atoms with Gasteiger partial charge < -0.3 is 5.73 Å². The van der Waals surface area contributed by atoms with E-state index in [4.69, 9.17) is 11.6 Å². The Balaban J connectivity index is 2.48. The number of pyridine rings is 2. The molecule has 0 aliphatic rings. The number of nitrogens with one attached hydrogen (secondary N) is 1. The number of nitrogens with two attached hydrogens (primary N) is 2. The second-order valence-corrected chi connectivity index (χ2v) is 3.47. The van der Waals surface area contributed by atoms with Crippen LogP contribution in [0.25, 0.3) is 0 Å². The Hall–Kier alpha value is -2.05. The van der Waals surface area contributed by atoms with Crippen LogP contribution in [0.2, 0.25) is 0 Å². The molecule has 0 saturated heterocycles. The summed E-state index contributed by atoms with van der Waals surface area (Å²) in [5.41, 5.74) is 9.55. The van der Waals surface area contributed by atoms with Crippen molar-refractivity contribution in [3.8, 4) is 0 Å². The van der Waals surface area contributed by atoms with Crippen LogP contribution in [0.5, 0.6) is 0 Å². The second-order valence-electron chi connectivity index (χ2n) is 3.47. The van der Waals surface area contributed by atoms with Crippen molar-refractivity contribution in [3.05, 3.63) is 53.9 Å². The summed E-state index contributed by atoms with van der Waals surface area (Å²) in [7, 11) is 0. The zero-order valence-corrected chi connectivity index (χ0v) is 8.97. The Morgan fingerprint density at radius 3 is 2.76 bits per heavy atom. The monoisotopic (exact) mass is 233 g/mol. The molecular weight excluding hydrogens is 221 g/mol. The van der Waals surface area contributed by atoms with E-state index in [1.54, 1.807) is 12.3 Å². The Kier molecular flexibility index (Phi) is 3.27. The SMILES string of the molecule is NNC(c1cnccc1N)c1ncccc1F. The molecule has 1 unspecified atom stereocenters. The fraction of sp³-hybridized carbons (Fsp3) is 0.0909. The molecule has 6 heteroatoms. The summed E-state index contributed by atoms with van der Waals surface area (Å²) in [4.78, 5) is 7.91. The Morgan fingerprint density at radius 1 is 1.29 bits per heavy atom. The number of anilines is 1. The third-order valence-electron chi connectivity index (χ3n) is 2.43. The lowest BCUT2D eigenvalue weighted by atomic mass is 10.0. The molecule has 0 spiro atoms. The van der Waals surface area contributed by atoms with Crippen molar-refractivity contribution in [2.24, 2.45) is 5.84 Å². The van der Waals surface area contributed by atoms with Gasteiger partial charge in [-0.2, -0.15) is 0 Å². The number of halogens is 1. The summed E-state index contributed by atoms with van der Waals surface area (Å²) in [6.45, 7) is 0. The molecule has 1 atom stereocenters. The van der Waals surface area contributed by atoms with Gasteiger partial charge in [0.2, 0.25) is 0 Å². The standard InChI is InChI=1S/C11H12FN5/c12-8-2-1-4-16-11(8)10(17-14)7-6-15-5-3-9(7)13/h1-6,10,17H,14H2,(H2,13,15). The smallest absolute Gasteiger partial charge is 0.146 e. The molecule has 0 bridgehead atoms. The molecule has 17 heavy (non-hydrogen) atoms. The van der Waals surface area contributed by atoms with Gasteiger partial charge in [-0.15, -0.1) is 0 Å². The van der Waals surface area contributed by atoms with Crippen molar-refractivity contribution in [3.63, 3.8) is 0 Å². The minimum Gasteiger partial charge on any atom is -0.398 e. The summed E-state index contributed by atoms with van der Waals surface area (Å²) in [5.74, 6) is 4.99. The number of rotatable bonds is 3. The molecular formula is C11H12FN5. The molecule has 2 heterocycles. The molecule has 5 N–H and O–H groups in total. The van der Waals surface area contributed by atoms with Gasteiger partial charge in [-0.25, -0.2) is 9.82 Å². The van der Waals surface area contributed by atoms with E-state index >= 15 is 0 Å². The van der Waals surface area contributed by atoms with E-state index in [2.05, 4.69) is 15.4 Å². The maximum Gasteiger partial charge on any atom is 0.146 e. The van der Waals surface area contributed by atoms with E-state index in [0.717, 1.165) is 0 Å². The van der Waals surface area contributed by atoms with Crippen LogP contribution in [0.15, 0.2) is 36.8 Å². The lowest BCUT2D eigenvalue weighted by Crippen LogP contribution is -2.31. The summed E-state index contributed by atoms with van der Waals surface area (Å²) in [6, 6.07) is 3.84. The first-order valence-electron chi connectivity index (χ1n) is 5.00. The molecule has 0 amide bonds. The third-order valence-corrected chi connectivity index (χ3v) is 2.43. The molecule has 0 fully saturated rings. The van der Waals surface area contributed by atoms with Gasteiger partial charge in [0.05, 0.1) is 11.7 Å². The molecule has 2 rings (SSSR count). The quantitative estimate of drug-likeness (QED) is 0.537. The number of nitrogens with zero attached hydrogens (tertiary/aromatic N) is 2. The van der Waals surface area contributed by atoms with Gasteiger partial charge >= 0.3 is 0 Å². The summed E-state index contributed by atoms with van der Waals surface area (Å²) < 4.78 is 13.6. The fourth-order valence-electron chi connectivity index (χ4n) is 1.58. The van der Waals surface area contributed by atoms with Crippen LogP contribution in [0.1, 0.15) is 17.3 Å². The highest BCUT2D eigenvalue weighted by Crippen LogP contribution is 2.25. The molecule has 0 aromatic carbocycles. The van der Waals surface area contributed by atoms with Crippen LogP contribution in [-0.2, 0) is 0 Å². The van der Waals surface area contributed by atoms with E-state index in [-0.39, 0.29) is 5.69 Å². The number of nitrogen functional groups attached to an aromatic ring is 1. The number of aromatic nitrogens is 2. The minimum atomic E-state index is -0.620. The lowest BCUT2D eigenvalue weighted by Gasteiger charge is -2.17. The highest BCUT2D eigenvalue weighted by atomic mass is 19.1. The summed E-state index contributed by atoms with van der Waals surface area (Å²) in [6.07, 6.45) is 4.59. The largest absolute Gasteiger partial charge is 0.398 e. The third kappa shape index (κ3) is 2.22. The lowest BCUT2D eigenvalue weighted by molar-refractivity contribution is 0.543. The Labute approximate surface area is 97.7 Å². The van der Waals surface area contributed by atoms with E-state index in [9.17, 15) is 4.39 Å². The van der Waals surface area contributed by atoms with Crippen LogP contribution in [0, 0.1) is 5.82 Å². The maximum atomic E-state index is 13.6. The Morgan fingerprint density at radius 2 is 2.12 bits per heavy atom. The fourth-order valence-corrected chi connectivity index (χ4v) is 1.58. The van der Waals surface area contributed by atoms with Gasteiger partial charge in [0.25, 0.3) is 0 Å². The predicted molar refractivity (Wildman–Crippen MR) is 62.0 cm³/mol. The Bertz CT molecular complexity index is 471. The summed E-state index contributed by atoms with van der Waals surface area (Å²) >= 11 is 0. The average Bonchev–Trinajstić information content (AvgIpc) is 2.34. The molecule has 2 aromatic heterocycles. The van der Waals surface area contributed by atoms with Crippen molar-refractivity contribution >= 4 is 5.69 Å². The predicted octanol–water partition coefficient (Wildman–Crippen LogP) is 0.751. The normalized spacial score (nSPS) is 12.4. The van der Waals surface area contributed by atoms with Crippen LogP contribution in [0.4, 0.5) is 10.1 Å². The number of hydrogen-bond donors (Lipinski definition) is 3. The van der Waals surface area contributed by atoms with Gasteiger partial charge in [-0.05, 0) is 18.2 Å². The van der Waals surface area contributed by atoms with E-state index in [0.29, 0.717) is 11.3 Å². The van der Waals surface area contributed by atoms with E-state index in [1.807, 2.05) is 0 Å². The maximum absolute atomic E-state index is 13.6. The first-order valence-corrected chi connectivity index (χ1v) is 5.00. The highest BCUT2D eigenvalue weighted by Gasteiger charge is 2.19. The van der Waals surface area contributed by atoms with Gasteiger partial charge in [0.1, 0.15) is 5.82 Å². The van der Waals surface area contributed by atoms with E-state index < -0.39 is 11.9 Å². The van der Waals surface area contributed by atoms with E-state index in [1.165, 1.54) is 24.5 Å². The van der Waals surface area contributed by atoms with Crippen molar-refractivity contribution in [1.29, 1.82) is 0 Å². The average molecular weight is 233 g/mol. The zero-order valence-electron chi connectivity index (χ0n) is 8.97. The molecule has 88 valence electrons. The first-order chi connectivity index (χ1) is 8.24. The second kappa shape index (κ2) is 4.86. The van der Waals surface area contributed by atoms with Gasteiger partial charge in [0, 0.05) is 29.8 Å². The molecule has 0 saturated carbocycles. The van der Waals surface area contributed by atoms with Crippen molar-refractivity contribution in [2.75, 3.05) is 5.73 Å². The number of hydrogen-bond acceptors (Lipinski definition) is 5. The molecule has 0 radical (unpaired) electrons. The van der Waals surface area contributed by atoms with Crippen molar-refractivity contribution < 1.29 is 4.39 Å².